The van der Waals surface area contributed by atoms with Gasteiger partial charge in [-0.05, 0) is 60.2 Å². The third-order valence-electron chi connectivity index (χ3n) is 4.33. The summed E-state index contributed by atoms with van der Waals surface area (Å²) in [5, 5.41) is 2.60. The summed E-state index contributed by atoms with van der Waals surface area (Å²) >= 11 is 0. The second-order valence-electron chi connectivity index (χ2n) is 6.17. The minimum atomic E-state index is -4.42. The summed E-state index contributed by atoms with van der Waals surface area (Å²) in [6.45, 7) is 0. The zero-order valence-corrected chi connectivity index (χ0v) is 15.7. The van der Waals surface area contributed by atoms with Crippen molar-refractivity contribution in [3.63, 3.8) is 0 Å². The molecule has 1 amide bonds. The SMILES string of the molecule is COc1ccc(-c2cc(C(=O)Nc3ccc(C(F)(F)F)cc3)ccc2OC)cc1. The lowest BCUT2D eigenvalue weighted by atomic mass is 10.0. The summed E-state index contributed by atoms with van der Waals surface area (Å²) in [5.74, 6) is 0.840. The molecule has 3 aromatic carbocycles. The van der Waals surface area contributed by atoms with E-state index >= 15 is 0 Å². The molecule has 0 bridgehead atoms. The summed E-state index contributed by atoms with van der Waals surface area (Å²) in [6.07, 6.45) is -4.42. The molecule has 29 heavy (non-hydrogen) atoms. The van der Waals surface area contributed by atoms with Crippen LogP contribution in [0.2, 0.25) is 0 Å². The van der Waals surface area contributed by atoms with E-state index in [1.54, 1.807) is 37.4 Å². The number of hydrogen-bond acceptors (Lipinski definition) is 3. The molecule has 7 heteroatoms. The van der Waals surface area contributed by atoms with Gasteiger partial charge in [-0.15, -0.1) is 0 Å². The van der Waals surface area contributed by atoms with Crippen molar-refractivity contribution >= 4 is 11.6 Å². The molecule has 0 radical (unpaired) electrons. The second-order valence-corrected chi connectivity index (χ2v) is 6.17. The van der Waals surface area contributed by atoms with Crippen molar-refractivity contribution < 1.29 is 27.4 Å². The first-order valence-electron chi connectivity index (χ1n) is 8.63. The van der Waals surface area contributed by atoms with Gasteiger partial charge in [-0.1, -0.05) is 12.1 Å². The summed E-state index contributed by atoms with van der Waals surface area (Å²) in [4.78, 5) is 12.6. The van der Waals surface area contributed by atoms with Crippen molar-refractivity contribution in [1.29, 1.82) is 0 Å². The first kappa shape index (κ1) is 20.3. The van der Waals surface area contributed by atoms with Crippen LogP contribution in [-0.2, 0) is 6.18 Å². The van der Waals surface area contributed by atoms with Gasteiger partial charge in [0, 0.05) is 16.8 Å². The number of halogens is 3. The highest BCUT2D eigenvalue weighted by molar-refractivity contribution is 6.05. The minimum absolute atomic E-state index is 0.268. The molecule has 0 aliphatic carbocycles. The molecule has 0 saturated carbocycles. The average Bonchev–Trinajstić information content (AvgIpc) is 2.73. The second kappa shape index (κ2) is 8.26. The molecule has 0 atom stereocenters. The van der Waals surface area contributed by atoms with Gasteiger partial charge in [-0.25, -0.2) is 0 Å². The molecule has 0 saturated heterocycles. The number of ether oxygens (including phenoxy) is 2. The van der Waals surface area contributed by atoms with Crippen molar-refractivity contribution in [2.75, 3.05) is 19.5 Å². The van der Waals surface area contributed by atoms with Gasteiger partial charge >= 0.3 is 6.18 Å². The van der Waals surface area contributed by atoms with Crippen LogP contribution >= 0.6 is 0 Å². The average molecular weight is 401 g/mol. The molecule has 3 aromatic rings. The predicted molar refractivity (Wildman–Crippen MR) is 104 cm³/mol. The van der Waals surface area contributed by atoms with Gasteiger partial charge in [0.2, 0.25) is 0 Å². The Morgan fingerprint density at radius 2 is 1.52 bits per heavy atom. The van der Waals surface area contributed by atoms with Crippen LogP contribution in [0.1, 0.15) is 15.9 Å². The van der Waals surface area contributed by atoms with Gasteiger partial charge < -0.3 is 14.8 Å². The number of nitrogens with one attached hydrogen (secondary N) is 1. The summed E-state index contributed by atoms with van der Waals surface area (Å²) in [6, 6.07) is 16.5. The molecule has 3 rings (SSSR count). The minimum Gasteiger partial charge on any atom is -0.497 e. The normalized spacial score (nSPS) is 11.1. The topological polar surface area (TPSA) is 47.6 Å². The number of anilines is 1. The predicted octanol–water partition coefficient (Wildman–Crippen LogP) is 5.64. The molecule has 0 fully saturated rings. The van der Waals surface area contributed by atoms with E-state index in [9.17, 15) is 18.0 Å². The van der Waals surface area contributed by atoms with Gasteiger partial charge in [0.15, 0.2) is 0 Å². The Hall–Kier alpha value is -3.48. The number of carbonyl (C=O) groups excluding carboxylic acids is 1. The number of rotatable bonds is 5. The van der Waals surface area contributed by atoms with Crippen LogP contribution in [0.15, 0.2) is 66.7 Å². The molecular formula is C22H18F3NO3. The maximum atomic E-state index is 12.7. The lowest BCUT2D eigenvalue weighted by Crippen LogP contribution is -2.12. The van der Waals surface area contributed by atoms with Crippen LogP contribution in [0.25, 0.3) is 11.1 Å². The van der Waals surface area contributed by atoms with Gasteiger partial charge in [0.25, 0.3) is 5.91 Å². The molecular weight excluding hydrogens is 383 g/mol. The number of benzene rings is 3. The van der Waals surface area contributed by atoms with Crippen LogP contribution in [0.4, 0.5) is 18.9 Å². The monoisotopic (exact) mass is 401 g/mol. The van der Waals surface area contributed by atoms with Crippen LogP contribution < -0.4 is 14.8 Å². The fourth-order valence-corrected chi connectivity index (χ4v) is 2.79. The number of carbonyl (C=O) groups is 1. The van der Waals surface area contributed by atoms with E-state index in [-0.39, 0.29) is 5.69 Å². The molecule has 150 valence electrons. The molecule has 0 aromatic heterocycles. The number of amides is 1. The smallest absolute Gasteiger partial charge is 0.416 e. The number of methoxy groups -OCH3 is 2. The van der Waals surface area contributed by atoms with Crippen LogP contribution in [0, 0.1) is 0 Å². The highest BCUT2D eigenvalue weighted by atomic mass is 19.4. The van der Waals surface area contributed by atoms with Crippen molar-refractivity contribution in [2.24, 2.45) is 0 Å². The van der Waals surface area contributed by atoms with Crippen LogP contribution in [0.5, 0.6) is 11.5 Å². The summed E-state index contributed by atoms with van der Waals surface area (Å²) in [5.41, 5.74) is 1.37. The Balaban J connectivity index is 1.85. The van der Waals surface area contributed by atoms with Crippen LogP contribution in [-0.4, -0.2) is 20.1 Å². The molecule has 0 aliphatic heterocycles. The zero-order valence-electron chi connectivity index (χ0n) is 15.7. The van der Waals surface area contributed by atoms with E-state index in [0.29, 0.717) is 22.6 Å². The fraction of sp³-hybridized carbons (Fsp3) is 0.136. The molecule has 1 N–H and O–H groups in total. The van der Waals surface area contributed by atoms with Crippen molar-refractivity contribution in [2.45, 2.75) is 6.18 Å². The fourth-order valence-electron chi connectivity index (χ4n) is 2.79. The van der Waals surface area contributed by atoms with E-state index in [1.165, 1.54) is 19.2 Å². The quantitative estimate of drug-likeness (QED) is 0.602. The molecule has 0 aliphatic rings. The zero-order chi connectivity index (χ0) is 21.0. The molecule has 0 spiro atoms. The van der Waals surface area contributed by atoms with Crippen LogP contribution in [0.3, 0.4) is 0 Å². The number of hydrogen-bond donors (Lipinski definition) is 1. The first-order chi connectivity index (χ1) is 13.8. The van der Waals surface area contributed by atoms with E-state index in [4.69, 9.17) is 9.47 Å². The Morgan fingerprint density at radius 3 is 2.07 bits per heavy atom. The highest BCUT2D eigenvalue weighted by Crippen LogP contribution is 2.33. The number of alkyl halides is 3. The largest absolute Gasteiger partial charge is 0.497 e. The lowest BCUT2D eigenvalue weighted by Gasteiger charge is -2.12. The van der Waals surface area contributed by atoms with E-state index < -0.39 is 17.6 Å². The van der Waals surface area contributed by atoms with Crippen molar-refractivity contribution in [3.05, 3.63) is 77.9 Å². The third kappa shape index (κ3) is 4.68. The maximum Gasteiger partial charge on any atom is 0.416 e. The van der Waals surface area contributed by atoms with Gasteiger partial charge in [-0.3, -0.25) is 4.79 Å². The van der Waals surface area contributed by atoms with E-state index in [2.05, 4.69) is 5.32 Å². The standard InChI is InChI=1S/C22H18F3NO3/c1-28-18-10-3-14(4-11-18)19-13-15(5-12-20(19)29-2)21(27)26-17-8-6-16(7-9-17)22(23,24)25/h3-13H,1-2H3,(H,26,27). The van der Waals surface area contributed by atoms with Gasteiger partial charge in [0.1, 0.15) is 11.5 Å². The maximum absolute atomic E-state index is 12.7. The Kier molecular flexibility index (Phi) is 5.77. The van der Waals surface area contributed by atoms with E-state index in [0.717, 1.165) is 17.7 Å². The Morgan fingerprint density at radius 1 is 0.862 bits per heavy atom. The molecule has 0 unspecified atom stereocenters. The lowest BCUT2D eigenvalue weighted by molar-refractivity contribution is -0.137. The highest BCUT2D eigenvalue weighted by Gasteiger charge is 2.30. The molecule has 0 heterocycles. The summed E-state index contributed by atoms with van der Waals surface area (Å²) < 4.78 is 48.5. The van der Waals surface area contributed by atoms with E-state index in [1.807, 2.05) is 12.1 Å². The summed E-state index contributed by atoms with van der Waals surface area (Å²) in [7, 11) is 3.10. The molecule has 4 nitrogen and oxygen atoms in total. The van der Waals surface area contributed by atoms with Crippen molar-refractivity contribution in [1.82, 2.24) is 0 Å². The first-order valence-corrected chi connectivity index (χ1v) is 8.63. The Bertz CT molecular complexity index is 997. The van der Waals surface area contributed by atoms with Crippen molar-refractivity contribution in [3.8, 4) is 22.6 Å². The van der Waals surface area contributed by atoms with Gasteiger partial charge in [-0.2, -0.15) is 13.2 Å². The van der Waals surface area contributed by atoms with Gasteiger partial charge in [0.05, 0.1) is 19.8 Å². The Labute approximate surface area is 165 Å². The third-order valence-corrected chi connectivity index (χ3v) is 4.33.